The highest BCUT2D eigenvalue weighted by molar-refractivity contribution is 5.68. The van der Waals surface area contributed by atoms with Crippen molar-refractivity contribution in [3.8, 4) is 0 Å². The topological polar surface area (TPSA) is 41.6 Å². The summed E-state index contributed by atoms with van der Waals surface area (Å²) in [6.07, 6.45) is 3.35. The second-order valence-electron chi connectivity index (χ2n) is 6.39. The monoisotopic (exact) mass is 240 g/mol. The van der Waals surface area contributed by atoms with Gasteiger partial charge in [-0.15, -0.1) is 0 Å². The number of ether oxygens (including phenoxy) is 1. The molecule has 17 heavy (non-hydrogen) atoms. The van der Waals surface area contributed by atoms with E-state index >= 15 is 0 Å². The highest BCUT2D eigenvalue weighted by Gasteiger charge is 2.52. The van der Waals surface area contributed by atoms with Gasteiger partial charge in [0, 0.05) is 24.5 Å². The number of hydrogen-bond acceptors (Lipinski definition) is 3. The van der Waals surface area contributed by atoms with Crippen LogP contribution >= 0.6 is 0 Å². The fraction of sp³-hybridized carbons (Fsp3) is 0.923. The van der Waals surface area contributed by atoms with Crippen LogP contribution < -0.4 is 5.32 Å². The van der Waals surface area contributed by atoms with Crippen LogP contribution in [0.15, 0.2) is 0 Å². The van der Waals surface area contributed by atoms with Gasteiger partial charge in [-0.1, -0.05) is 0 Å². The first kappa shape index (κ1) is 12.7. The van der Waals surface area contributed by atoms with Gasteiger partial charge in [0.2, 0.25) is 0 Å². The predicted octanol–water partition coefficient (Wildman–Crippen LogP) is 2.00. The van der Waals surface area contributed by atoms with Crippen molar-refractivity contribution in [3.05, 3.63) is 0 Å². The van der Waals surface area contributed by atoms with Crippen molar-refractivity contribution < 1.29 is 9.53 Å². The smallest absolute Gasteiger partial charge is 0.410 e. The lowest BCUT2D eigenvalue weighted by Crippen LogP contribution is -2.52. The molecular weight excluding hydrogens is 216 g/mol. The van der Waals surface area contributed by atoms with Crippen molar-refractivity contribution in [3.63, 3.8) is 0 Å². The average Bonchev–Trinajstić information content (AvgIpc) is 2.96. The lowest BCUT2D eigenvalue weighted by molar-refractivity contribution is 0.0111. The van der Waals surface area contributed by atoms with E-state index in [1.807, 2.05) is 32.7 Å². The van der Waals surface area contributed by atoms with Crippen molar-refractivity contribution in [2.24, 2.45) is 5.41 Å². The van der Waals surface area contributed by atoms with E-state index in [0.29, 0.717) is 11.5 Å². The molecule has 1 atom stereocenters. The lowest BCUT2D eigenvalue weighted by atomic mass is 9.89. The summed E-state index contributed by atoms with van der Waals surface area (Å²) in [6, 6.07) is 0.571. The summed E-state index contributed by atoms with van der Waals surface area (Å²) in [4.78, 5) is 13.9. The molecule has 1 unspecified atom stereocenters. The lowest BCUT2D eigenvalue weighted by Gasteiger charge is -2.39. The Morgan fingerprint density at radius 2 is 2.06 bits per heavy atom. The molecule has 1 saturated carbocycles. The van der Waals surface area contributed by atoms with E-state index < -0.39 is 5.60 Å². The zero-order chi connectivity index (χ0) is 12.7. The Kier molecular flexibility index (Phi) is 3.10. The second kappa shape index (κ2) is 4.16. The second-order valence-corrected chi connectivity index (χ2v) is 6.39. The third-order valence-electron chi connectivity index (χ3n) is 3.83. The van der Waals surface area contributed by atoms with Gasteiger partial charge in [-0.3, -0.25) is 0 Å². The van der Waals surface area contributed by atoms with Crippen LogP contribution in [0.1, 0.15) is 40.0 Å². The first-order valence-corrected chi connectivity index (χ1v) is 6.51. The molecule has 0 bridgehead atoms. The normalized spacial score (nSPS) is 27.1. The fourth-order valence-corrected chi connectivity index (χ4v) is 2.76. The van der Waals surface area contributed by atoms with Crippen LogP contribution in [0.3, 0.4) is 0 Å². The average molecular weight is 240 g/mol. The van der Waals surface area contributed by atoms with E-state index in [2.05, 4.69) is 5.32 Å². The Hall–Kier alpha value is -0.770. The Morgan fingerprint density at radius 3 is 2.53 bits per heavy atom. The van der Waals surface area contributed by atoms with Crippen LogP contribution in [0.4, 0.5) is 4.79 Å². The molecule has 1 saturated heterocycles. The van der Waals surface area contributed by atoms with Gasteiger partial charge in [-0.05, 0) is 47.1 Å². The third-order valence-corrected chi connectivity index (χ3v) is 3.83. The minimum Gasteiger partial charge on any atom is -0.444 e. The van der Waals surface area contributed by atoms with Gasteiger partial charge in [-0.2, -0.15) is 0 Å². The minimum atomic E-state index is -0.395. The molecule has 1 aliphatic carbocycles. The molecule has 0 aromatic carbocycles. The summed E-state index contributed by atoms with van der Waals surface area (Å²) in [5.41, 5.74) is -0.0580. The van der Waals surface area contributed by atoms with Crippen molar-refractivity contribution in [2.45, 2.75) is 51.7 Å². The number of hydrogen-bond donors (Lipinski definition) is 1. The molecule has 1 N–H and O–H groups in total. The van der Waals surface area contributed by atoms with E-state index in [1.54, 1.807) is 0 Å². The Bertz CT molecular complexity index is 305. The Morgan fingerprint density at radius 1 is 1.41 bits per heavy atom. The molecule has 1 spiro atoms. The zero-order valence-corrected chi connectivity index (χ0v) is 11.4. The van der Waals surface area contributed by atoms with Crippen LogP contribution in [0.2, 0.25) is 0 Å². The molecule has 4 nitrogen and oxygen atoms in total. The van der Waals surface area contributed by atoms with Crippen LogP contribution in [-0.2, 0) is 4.74 Å². The highest BCUT2D eigenvalue weighted by atomic mass is 16.6. The Labute approximate surface area is 104 Å². The van der Waals surface area contributed by atoms with Gasteiger partial charge in [0.1, 0.15) is 5.60 Å². The molecule has 2 rings (SSSR count). The molecule has 1 amide bonds. The van der Waals surface area contributed by atoms with Gasteiger partial charge in [0.25, 0.3) is 0 Å². The van der Waals surface area contributed by atoms with E-state index in [1.165, 1.54) is 12.8 Å². The number of piperidine rings is 1. The number of amides is 1. The quantitative estimate of drug-likeness (QED) is 0.762. The van der Waals surface area contributed by atoms with Crippen molar-refractivity contribution in [1.82, 2.24) is 10.2 Å². The minimum absolute atomic E-state index is 0.154. The number of carbonyl (C=O) groups excluding carboxylic acids is 1. The van der Waals surface area contributed by atoms with Crippen LogP contribution in [0.25, 0.3) is 0 Å². The first-order valence-electron chi connectivity index (χ1n) is 6.51. The molecule has 1 aliphatic heterocycles. The van der Waals surface area contributed by atoms with Crippen LogP contribution in [0.5, 0.6) is 0 Å². The maximum atomic E-state index is 12.0. The number of rotatable bonds is 1. The number of nitrogens with one attached hydrogen (secondary N) is 1. The van der Waals surface area contributed by atoms with Crippen molar-refractivity contribution >= 4 is 6.09 Å². The maximum Gasteiger partial charge on any atom is 0.410 e. The molecule has 2 aliphatic rings. The van der Waals surface area contributed by atoms with Crippen molar-refractivity contribution in [2.75, 3.05) is 20.1 Å². The summed E-state index contributed by atoms with van der Waals surface area (Å²) < 4.78 is 5.43. The standard InChI is InChI=1S/C13H24N2O2/c1-12(2,3)17-11(16)15-8-5-10(14-4)13(9-15)6-7-13/h10,14H,5-9H2,1-4H3. The molecule has 1 heterocycles. The number of nitrogens with zero attached hydrogens (tertiary/aromatic N) is 1. The van der Waals surface area contributed by atoms with Gasteiger partial charge < -0.3 is 15.0 Å². The molecule has 4 heteroatoms. The van der Waals surface area contributed by atoms with Crippen LogP contribution in [-0.4, -0.2) is 42.8 Å². The summed E-state index contributed by atoms with van der Waals surface area (Å²) >= 11 is 0. The van der Waals surface area contributed by atoms with E-state index in [0.717, 1.165) is 19.5 Å². The Balaban J connectivity index is 1.94. The fourth-order valence-electron chi connectivity index (χ4n) is 2.76. The summed E-state index contributed by atoms with van der Waals surface area (Å²) in [5, 5.41) is 3.39. The zero-order valence-electron chi connectivity index (χ0n) is 11.4. The molecular formula is C13H24N2O2. The summed E-state index contributed by atoms with van der Waals surface area (Å²) in [6.45, 7) is 7.41. The predicted molar refractivity (Wildman–Crippen MR) is 66.9 cm³/mol. The molecule has 0 radical (unpaired) electrons. The van der Waals surface area contributed by atoms with Crippen molar-refractivity contribution in [1.29, 1.82) is 0 Å². The molecule has 0 aromatic heterocycles. The summed E-state index contributed by atoms with van der Waals surface area (Å²) in [7, 11) is 2.02. The largest absolute Gasteiger partial charge is 0.444 e. The molecule has 98 valence electrons. The molecule has 0 aromatic rings. The van der Waals surface area contributed by atoms with Gasteiger partial charge in [0.05, 0.1) is 0 Å². The van der Waals surface area contributed by atoms with Gasteiger partial charge in [0.15, 0.2) is 0 Å². The molecule has 2 fully saturated rings. The maximum absolute atomic E-state index is 12.0. The van der Waals surface area contributed by atoms with E-state index in [9.17, 15) is 4.79 Å². The third kappa shape index (κ3) is 2.73. The number of carbonyl (C=O) groups is 1. The number of likely N-dealkylation sites (tertiary alicyclic amines) is 1. The highest BCUT2D eigenvalue weighted by Crippen LogP contribution is 2.52. The van der Waals surface area contributed by atoms with Gasteiger partial charge >= 0.3 is 6.09 Å². The van der Waals surface area contributed by atoms with E-state index in [-0.39, 0.29) is 6.09 Å². The first-order chi connectivity index (χ1) is 7.86. The van der Waals surface area contributed by atoms with E-state index in [4.69, 9.17) is 4.74 Å². The van der Waals surface area contributed by atoms with Gasteiger partial charge in [-0.25, -0.2) is 4.79 Å². The summed E-state index contributed by atoms with van der Waals surface area (Å²) in [5.74, 6) is 0. The SMILES string of the molecule is CNC1CCN(C(=O)OC(C)(C)C)CC12CC2. The van der Waals surface area contributed by atoms with Crippen LogP contribution in [0, 0.1) is 5.41 Å².